The Labute approximate surface area is 184 Å². The predicted molar refractivity (Wildman–Crippen MR) is 112 cm³/mol. The summed E-state index contributed by atoms with van der Waals surface area (Å²) in [5, 5.41) is 5.33. The molecule has 1 aromatic carbocycles. The minimum atomic E-state index is -0.885. The highest BCUT2D eigenvalue weighted by molar-refractivity contribution is 6.32. The van der Waals surface area contributed by atoms with Gasteiger partial charge in [-0.3, -0.25) is 9.59 Å². The number of esters is 1. The standard InChI is InChI=1S/C22H23ClN2O6/c1-4-30-16-8-12(7-15(23)19(16)31-11(2)22(28)29-3)10-24-25-20(26)17-13-5-6-14(9-13)18(17)21(25)27/h5-8,10-11,13-14,17-18H,4,9H2,1-3H3. The van der Waals surface area contributed by atoms with Crippen LogP contribution in [0.3, 0.4) is 0 Å². The maximum Gasteiger partial charge on any atom is 0.346 e. The number of hydrogen-bond donors (Lipinski definition) is 0. The van der Waals surface area contributed by atoms with E-state index in [4.69, 9.17) is 21.1 Å². The molecule has 0 aromatic heterocycles. The van der Waals surface area contributed by atoms with Crippen molar-refractivity contribution in [3.05, 3.63) is 34.9 Å². The van der Waals surface area contributed by atoms with E-state index in [9.17, 15) is 14.4 Å². The maximum atomic E-state index is 12.8. The topological polar surface area (TPSA) is 94.5 Å². The van der Waals surface area contributed by atoms with Gasteiger partial charge in [0.2, 0.25) is 0 Å². The van der Waals surface area contributed by atoms with E-state index in [2.05, 4.69) is 9.84 Å². The molecule has 2 aliphatic carbocycles. The maximum absolute atomic E-state index is 12.8. The Morgan fingerprint density at radius 3 is 2.48 bits per heavy atom. The number of halogens is 1. The average Bonchev–Trinajstić information content (AvgIpc) is 3.43. The second kappa shape index (κ2) is 8.34. The Balaban J connectivity index is 1.56. The number of fused-ring (bicyclic) bond motifs is 5. The van der Waals surface area contributed by atoms with Crippen molar-refractivity contribution in [1.82, 2.24) is 5.01 Å². The van der Waals surface area contributed by atoms with Crippen molar-refractivity contribution in [2.75, 3.05) is 13.7 Å². The van der Waals surface area contributed by atoms with Crippen molar-refractivity contribution >= 4 is 35.6 Å². The van der Waals surface area contributed by atoms with Crippen LogP contribution in [0.4, 0.5) is 0 Å². The zero-order valence-electron chi connectivity index (χ0n) is 17.4. The summed E-state index contributed by atoms with van der Waals surface area (Å²) in [7, 11) is 1.27. The second-order valence-corrected chi connectivity index (χ2v) is 8.19. The number of allylic oxidation sites excluding steroid dienone is 2. The normalized spacial score (nSPS) is 27.2. The summed E-state index contributed by atoms with van der Waals surface area (Å²) in [4.78, 5) is 37.2. The highest BCUT2D eigenvalue weighted by atomic mass is 35.5. The number of hydrogen-bond acceptors (Lipinski definition) is 7. The van der Waals surface area contributed by atoms with Gasteiger partial charge in [0, 0.05) is 0 Å². The van der Waals surface area contributed by atoms with E-state index in [1.54, 1.807) is 19.1 Å². The van der Waals surface area contributed by atoms with Crippen molar-refractivity contribution in [1.29, 1.82) is 0 Å². The number of nitrogens with zero attached hydrogens (tertiary/aromatic N) is 2. The van der Waals surface area contributed by atoms with Crippen LogP contribution in [0.1, 0.15) is 25.8 Å². The predicted octanol–water partition coefficient (Wildman–Crippen LogP) is 2.82. The first kappa shape index (κ1) is 21.4. The van der Waals surface area contributed by atoms with Crippen LogP contribution in [-0.4, -0.2) is 48.8 Å². The number of carbonyl (C=O) groups excluding carboxylic acids is 3. The SMILES string of the molecule is CCOc1cc(C=NN2C(=O)C3C4C=CC(C4)C3C2=O)cc(Cl)c1OC(C)C(=O)OC. The third-order valence-corrected chi connectivity index (χ3v) is 6.21. The van der Waals surface area contributed by atoms with Crippen molar-refractivity contribution in [2.45, 2.75) is 26.4 Å². The van der Waals surface area contributed by atoms with E-state index in [1.165, 1.54) is 20.2 Å². The van der Waals surface area contributed by atoms with Crippen LogP contribution < -0.4 is 9.47 Å². The third kappa shape index (κ3) is 3.69. The Kier molecular flexibility index (Phi) is 5.75. The van der Waals surface area contributed by atoms with Crippen LogP contribution in [0.15, 0.2) is 29.4 Å². The molecule has 5 unspecified atom stereocenters. The molecule has 0 radical (unpaired) electrons. The minimum Gasteiger partial charge on any atom is -0.490 e. The van der Waals surface area contributed by atoms with Crippen LogP contribution in [0.5, 0.6) is 11.5 Å². The smallest absolute Gasteiger partial charge is 0.346 e. The molecule has 2 fully saturated rings. The van der Waals surface area contributed by atoms with Crippen LogP contribution >= 0.6 is 11.6 Å². The number of methoxy groups -OCH3 is 1. The lowest BCUT2D eigenvalue weighted by atomic mass is 9.85. The van der Waals surface area contributed by atoms with E-state index < -0.39 is 12.1 Å². The summed E-state index contributed by atoms with van der Waals surface area (Å²) in [5.41, 5.74) is 0.519. The van der Waals surface area contributed by atoms with Gasteiger partial charge < -0.3 is 14.2 Å². The number of benzene rings is 1. The zero-order valence-corrected chi connectivity index (χ0v) is 18.2. The molecule has 5 atom stereocenters. The third-order valence-electron chi connectivity index (χ3n) is 5.93. The van der Waals surface area contributed by atoms with Crippen molar-refractivity contribution in [3.8, 4) is 11.5 Å². The van der Waals surface area contributed by atoms with E-state index >= 15 is 0 Å². The van der Waals surface area contributed by atoms with Crippen LogP contribution in [0, 0.1) is 23.7 Å². The molecule has 164 valence electrons. The van der Waals surface area contributed by atoms with Crippen LogP contribution in [0.2, 0.25) is 5.02 Å². The summed E-state index contributed by atoms with van der Waals surface area (Å²) < 4.78 is 15.9. The second-order valence-electron chi connectivity index (χ2n) is 7.78. The molecule has 8 nitrogen and oxygen atoms in total. The molecule has 1 heterocycles. The molecular formula is C22H23ClN2O6. The first-order valence-corrected chi connectivity index (χ1v) is 10.5. The summed E-state index contributed by atoms with van der Waals surface area (Å²) in [6.07, 6.45) is 5.44. The highest BCUT2D eigenvalue weighted by Crippen LogP contribution is 2.52. The minimum absolute atomic E-state index is 0.124. The van der Waals surface area contributed by atoms with E-state index in [-0.39, 0.29) is 46.3 Å². The zero-order chi connectivity index (χ0) is 22.3. The molecule has 2 amide bonds. The van der Waals surface area contributed by atoms with E-state index in [1.807, 2.05) is 12.2 Å². The molecule has 1 saturated heterocycles. The monoisotopic (exact) mass is 446 g/mol. The quantitative estimate of drug-likeness (QED) is 0.276. The molecule has 1 saturated carbocycles. The lowest BCUT2D eigenvalue weighted by Gasteiger charge is -2.17. The lowest BCUT2D eigenvalue weighted by Crippen LogP contribution is -2.28. The Morgan fingerprint density at radius 2 is 1.90 bits per heavy atom. The molecule has 0 spiro atoms. The fraction of sp³-hybridized carbons (Fsp3) is 0.455. The van der Waals surface area contributed by atoms with Gasteiger partial charge >= 0.3 is 5.97 Å². The Morgan fingerprint density at radius 1 is 1.26 bits per heavy atom. The van der Waals surface area contributed by atoms with Crippen LogP contribution in [-0.2, 0) is 19.1 Å². The summed E-state index contributed by atoms with van der Waals surface area (Å²) in [6.45, 7) is 3.67. The number of ether oxygens (including phenoxy) is 3. The van der Waals surface area contributed by atoms with Crippen molar-refractivity contribution in [2.24, 2.45) is 28.8 Å². The Hall–Kier alpha value is -2.87. The molecule has 9 heteroatoms. The fourth-order valence-corrected chi connectivity index (χ4v) is 4.82. The molecule has 31 heavy (non-hydrogen) atoms. The fourth-order valence-electron chi connectivity index (χ4n) is 4.56. The molecule has 0 N–H and O–H groups in total. The average molecular weight is 447 g/mol. The van der Waals surface area contributed by atoms with Gasteiger partial charge in [0.05, 0.1) is 36.8 Å². The van der Waals surface area contributed by atoms with Gasteiger partial charge in [0.1, 0.15) is 0 Å². The Bertz CT molecular complexity index is 960. The lowest BCUT2D eigenvalue weighted by molar-refractivity contribution is -0.148. The van der Waals surface area contributed by atoms with Crippen LogP contribution in [0.25, 0.3) is 0 Å². The van der Waals surface area contributed by atoms with Gasteiger partial charge in [-0.1, -0.05) is 23.8 Å². The van der Waals surface area contributed by atoms with Gasteiger partial charge in [-0.25, -0.2) is 4.79 Å². The molecule has 1 aliphatic heterocycles. The van der Waals surface area contributed by atoms with E-state index in [0.29, 0.717) is 17.9 Å². The molecule has 2 bridgehead atoms. The number of rotatable bonds is 7. The van der Waals surface area contributed by atoms with Crippen molar-refractivity contribution < 1.29 is 28.6 Å². The first-order valence-electron chi connectivity index (χ1n) is 10.2. The van der Waals surface area contributed by atoms with Gasteiger partial charge in [0.25, 0.3) is 11.8 Å². The number of hydrazone groups is 1. The summed E-state index contributed by atoms with van der Waals surface area (Å²) in [6, 6.07) is 3.18. The van der Waals surface area contributed by atoms with Gasteiger partial charge in [-0.05, 0) is 49.8 Å². The number of amides is 2. The molecule has 4 rings (SSSR count). The number of imide groups is 1. The van der Waals surface area contributed by atoms with E-state index in [0.717, 1.165) is 11.4 Å². The molecular weight excluding hydrogens is 424 g/mol. The number of carbonyl (C=O) groups is 3. The summed E-state index contributed by atoms with van der Waals surface area (Å²) in [5.74, 6) is -0.927. The van der Waals surface area contributed by atoms with Gasteiger partial charge in [-0.15, -0.1) is 0 Å². The summed E-state index contributed by atoms with van der Waals surface area (Å²) >= 11 is 6.36. The largest absolute Gasteiger partial charge is 0.490 e. The van der Waals surface area contributed by atoms with Crippen molar-refractivity contribution in [3.63, 3.8) is 0 Å². The van der Waals surface area contributed by atoms with Gasteiger partial charge in [0.15, 0.2) is 17.6 Å². The molecule has 3 aliphatic rings. The highest BCUT2D eigenvalue weighted by Gasteiger charge is 2.59. The molecule has 1 aromatic rings. The first-order chi connectivity index (χ1) is 14.8. The van der Waals surface area contributed by atoms with Gasteiger partial charge in [-0.2, -0.15) is 10.1 Å².